The molecule has 1 aromatic heterocycles. The van der Waals surface area contributed by atoms with Crippen LogP contribution in [0.5, 0.6) is 0 Å². The minimum absolute atomic E-state index is 0.187. The second-order valence-corrected chi connectivity index (χ2v) is 5.97. The summed E-state index contributed by atoms with van der Waals surface area (Å²) in [6.07, 6.45) is 0. The molecule has 2 aromatic rings. The molecule has 5 nitrogen and oxygen atoms in total. The first-order valence-corrected chi connectivity index (χ1v) is 6.58. The summed E-state index contributed by atoms with van der Waals surface area (Å²) in [4.78, 5) is 16.7. The minimum atomic E-state index is -0.187. The Morgan fingerprint density at radius 3 is 2.67 bits per heavy atom. The van der Waals surface area contributed by atoms with Gasteiger partial charge in [-0.05, 0) is 28.1 Å². The van der Waals surface area contributed by atoms with Gasteiger partial charge in [0.2, 0.25) is 0 Å². The van der Waals surface area contributed by atoms with Gasteiger partial charge in [0.15, 0.2) is 0 Å². The average Bonchev–Trinajstić information content (AvgIpc) is 2.62. The molecule has 96 valence electrons. The highest BCUT2D eigenvalue weighted by atomic mass is 79.9. The molecule has 1 aliphatic heterocycles. The number of benzene rings is 1. The zero-order valence-electron chi connectivity index (χ0n) is 9.97. The Bertz CT molecular complexity index is 642. The SMILES string of the molecule is CC1(CNc2cc3[nH]c(=O)[nH]c3cc2Br)COC1. The van der Waals surface area contributed by atoms with Crippen LogP contribution < -0.4 is 11.0 Å². The highest BCUT2D eigenvalue weighted by molar-refractivity contribution is 9.10. The molecule has 1 saturated heterocycles. The maximum Gasteiger partial charge on any atom is 0.323 e. The maximum absolute atomic E-state index is 11.2. The number of imidazole rings is 1. The Kier molecular flexibility index (Phi) is 2.71. The zero-order chi connectivity index (χ0) is 12.8. The summed E-state index contributed by atoms with van der Waals surface area (Å²) >= 11 is 3.50. The van der Waals surface area contributed by atoms with Crippen LogP contribution in [-0.4, -0.2) is 29.7 Å². The van der Waals surface area contributed by atoms with Crippen molar-refractivity contribution in [2.24, 2.45) is 5.41 Å². The molecule has 1 aromatic carbocycles. The lowest BCUT2D eigenvalue weighted by molar-refractivity contribution is -0.0924. The van der Waals surface area contributed by atoms with Crippen LogP contribution in [0.2, 0.25) is 0 Å². The van der Waals surface area contributed by atoms with Gasteiger partial charge >= 0.3 is 5.69 Å². The number of H-pyrrole nitrogens is 2. The standard InChI is InChI=1S/C12H14BrN3O2/c1-12(5-18-6-12)4-14-8-3-10-9(2-7(8)13)15-11(17)16-10/h2-3,14H,4-6H2,1H3,(H2,15,16,17). The van der Waals surface area contributed by atoms with Crippen LogP contribution in [0.1, 0.15) is 6.92 Å². The van der Waals surface area contributed by atoms with E-state index in [0.29, 0.717) is 0 Å². The van der Waals surface area contributed by atoms with Crippen molar-refractivity contribution in [2.45, 2.75) is 6.92 Å². The molecule has 0 unspecified atom stereocenters. The van der Waals surface area contributed by atoms with Crippen LogP contribution in [0.4, 0.5) is 5.69 Å². The number of halogens is 1. The predicted molar refractivity (Wildman–Crippen MR) is 74.0 cm³/mol. The fourth-order valence-corrected chi connectivity index (χ4v) is 2.54. The van der Waals surface area contributed by atoms with E-state index in [1.54, 1.807) is 0 Å². The smallest absolute Gasteiger partial charge is 0.323 e. The third-order valence-corrected chi connectivity index (χ3v) is 3.87. The van der Waals surface area contributed by atoms with Gasteiger partial charge in [-0.25, -0.2) is 4.79 Å². The third kappa shape index (κ3) is 2.06. The summed E-state index contributed by atoms with van der Waals surface area (Å²) in [6, 6.07) is 3.83. The number of hydrogen-bond acceptors (Lipinski definition) is 3. The molecule has 1 aliphatic rings. The summed E-state index contributed by atoms with van der Waals surface area (Å²) in [6.45, 7) is 4.63. The van der Waals surface area contributed by atoms with Gasteiger partial charge < -0.3 is 20.0 Å². The van der Waals surface area contributed by atoms with Crippen molar-refractivity contribution in [3.8, 4) is 0 Å². The molecular formula is C12H14BrN3O2. The lowest BCUT2D eigenvalue weighted by atomic mass is 9.89. The average molecular weight is 312 g/mol. The van der Waals surface area contributed by atoms with Crippen molar-refractivity contribution in [3.63, 3.8) is 0 Å². The molecule has 2 heterocycles. The number of aromatic amines is 2. The highest BCUT2D eigenvalue weighted by Gasteiger charge is 2.33. The van der Waals surface area contributed by atoms with E-state index in [1.165, 1.54) is 0 Å². The molecule has 6 heteroatoms. The molecule has 0 spiro atoms. The Morgan fingerprint density at radius 1 is 1.39 bits per heavy atom. The Hall–Kier alpha value is -1.27. The van der Waals surface area contributed by atoms with Crippen LogP contribution in [0.15, 0.2) is 21.4 Å². The van der Waals surface area contributed by atoms with Gasteiger partial charge in [-0.1, -0.05) is 6.92 Å². The van der Waals surface area contributed by atoms with Gasteiger partial charge in [0.1, 0.15) is 0 Å². The normalized spacial score (nSPS) is 17.7. The van der Waals surface area contributed by atoms with Crippen molar-refractivity contribution in [3.05, 3.63) is 27.1 Å². The Morgan fingerprint density at radius 2 is 2.06 bits per heavy atom. The Balaban J connectivity index is 1.86. The molecule has 3 rings (SSSR count). The lowest BCUT2D eigenvalue weighted by Crippen LogP contribution is -2.45. The number of fused-ring (bicyclic) bond motifs is 1. The number of aromatic nitrogens is 2. The van der Waals surface area contributed by atoms with Crippen LogP contribution in [-0.2, 0) is 4.74 Å². The van der Waals surface area contributed by atoms with Gasteiger partial charge in [-0.3, -0.25) is 0 Å². The Labute approximate surface area is 112 Å². The van der Waals surface area contributed by atoms with Gasteiger partial charge in [0.05, 0.1) is 29.9 Å². The zero-order valence-corrected chi connectivity index (χ0v) is 11.6. The van der Waals surface area contributed by atoms with Gasteiger partial charge in [0.25, 0.3) is 0 Å². The van der Waals surface area contributed by atoms with Crippen molar-refractivity contribution in [1.82, 2.24) is 9.97 Å². The van der Waals surface area contributed by atoms with Crippen molar-refractivity contribution < 1.29 is 4.74 Å². The van der Waals surface area contributed by atoms with E-state index >= 15 is 0 Å². The second kappa shape index (κ2) is 4.13. The van der Waals surface area contributed by atoms with E-state index < -0.39 is 0 Å². The van der Waals surface area contributed by atoms with Crippen molar-refractivity contribution in [2.75, 3.05) is 25.1 Å². The number of hydrogen-bond donors (Lipinski definition) is 3. The van der Waals surface area contributed by atoms with Crippen LogP contribution in [0.3, 0.4) is 0 Å². The minimum Gasteiger partial charge on any atom is -0.383 e. The van der Waals surface area contributed by atoms with E-state index in [1.807, 2.05) is 12.1 Å². The second-order valence-electron chi connectivity index (χ2n) is 5.11. The van der Waals surface area contributed by atoms with E-state index in [0.717, 1.165) is 41.0 Å². The molecule has 0 aliphatic carbocycles. The molecular weight excluding hydrogens is 298 g/mol. The maximum atomic E-state index is 11.2. The summed E-state index contributed by atoms with van der Waals surface area (Å²) in [7, 11) is 0. The van der Waals surface area contributed by atoms with Crippen LogP contribution in [0.25, 0.3) is 11.0 Å². The fraction of sp³-hybridized carbons (Fsp3) is 0.417. The van der Waals surface area contributed by atoms with Crippen LogP contribution in [0, 0.1) is 5.41 Å². The number of anilines is 1. The van der Waals surface area contributed by atoms with E-state index in [-0.39, 0.29) is 11.1 Å². The van der Waals surface area contributed by atoms with Gasteiger partial charge in [-0.2, -0.15) is 0 Å². The topological polar surface area (TPSA) is 69.9 Å². The molecule has 0 amide bonds. The quantitative estimate of drug-likeness (QED) is 0.812. The van der Waals surface area contributed by atoms with Crippen LogP contribution >= 0.6 is 15.9 Å². The van der Waals surface area contributed by atoms with E-state index in [4.69, 9.17) is 4.74 Å². The first-order valence-electron chi connectivity index (χ1n) is 5.79. The molecule has 0 saturated carbocycles. The van der Waals surface area contributed by atoms with E-state index in [9.17, 15) is 4.79 Å². The lowest BCUT2D eigenvalue weighted by Gasteiger charge is -2.38. The molecule has 3 N–H and O–H groups in total. The molecule has 0 radical (unpaired) electrons. The fourth-order valence-electron chi connectivity index (χ4n) is 2.05. The largest absolute Gasteiger partial charge is 0.383 e. The molecule has 1 fully saturated rings. The van der Waals surface area contributed by atoms with Gasteiger partial charge in [-0.15, -0.1) is 0 Å². The molecule has 18 heavy (non-hydrogen) atoms. The number of rotatable bonds is 3. The highest BCUT2D eigenvalue weighted by Crippen LogP contribution is 2.30. The number of ether oxygens (including phenoxy) is 1. The third-order valence-electron chi connectivity index (χ3n) is 3.21. The van der Waals surface area contributed by atoms with Gasteiger partial charge in [0, 0.05) is 16.4 Å². The summed E-state index contributed by atoms with van der Waals surface area (Å²) in [5, 5.41) is 3.39. The summed E-state index contributed by atoms with van der Waals surface area (Å²) in [5.41, 5.74) is 2.61. The summed E-state index contributed by atoms with van der Waals surface area (Å²) < 4.78 is 6.16. The predicted octanol–water partition coefficient (Wildman–Crippen LogP) is 2.07. The monoisotopic (exact) mass is 311 g/mol. The summed E-state index contributed by atoms with van der Waals surface area (Å²) in [5.74, 6) is 0. The first-order chi connectivity index (χ1) is 8.56. The first kappa shape index (κ1) is 11.8. The van der Waals surface area contributed by atoms with E-state index in [2.05, 4.69) is 38.1 Å². The van der Waals surface area contributed by atoms with Crippen molar-refractivity contribution in [1.29, 1.82) is 0 Å². The number of nitrogens with one attached hydrogen (secondary N) is 3. The van der Waals surface area contributed by atoms with Crippen molar-refractivity contribution >= 4 is 32.7 Å². The molecule has 0 bridgehead atoms. The molecule has 0 atom stereocenters.